The molecule has 1 aliphatic carbocycles. The molecule has 0 aromatic heterocycles. The number of alkyl halides is 2. The van der Waals surface area contributed by atoms with Crippen LogP contribution < -0.4 is 5.32 Å². The summed E-state index contributed by atoms with van der Waals surface area (Å²) in [5.74, 6) is -3.15. The van der Waals surface area contributed by atoms with Crippen molar-refractivity contribution in [1.29, 1.82) is 0 Å². The van der Waals surface area contributed by atoms with E-state index in [1.807, 2.05) is 6.07 Å². The van der Waals surface area contributed by atoms with Gasteiger partial charge in [0.2, 0.25) is 5.92 Å². The summed E-state index contributed by atoms with van der Waals surface area (Å²) in [7, 11) is 0. The van der Waals surface area contributed by atoms with Gasteiger partial charge in [0, 0.05) is 31.8 Å². The van der Waals surface area contributed by atoms with Gasteiger partial charge in [-0.1, -0.05) is 30.3 Å². The molecule has 6 heteroatoms. The molecule has 0 radical (unpaired) electrons. The lowest BCUT2D eigenvalue weighted by Gasteiger charge is -2.44. The molecule has 28 heavy (non-hydrogen) atoms. The molecule has 1 amide bonds. The lowest BCUT2D eigenvalue weighted by Crippen LogP contribution is -2.55. The van der Waals surface area contributed by atoms with Gasteiger partial charge < -0.3 is 15.3 Å². The highest BCUT2D eigenvalue weighted by atomic mass is 19.3. The zero-order chi connectivity index (χ0) is 19.8. The van der Waals surface area contributed by atoms with Gasteiger partial charge in [0.25, 0.3) is 5.91 Å². The van der Waals surface area contributed by atoms with Gasteiger partial charge in [-0.05, 0) is 56.2 Å². The average molecular weight is 392 g/mol. The molecule has 2 aliphatic heterocycles. The number of benzene rings is 1. The quantitative estimate of drug-likeness (QED) is 0.831. The topological polar surface area (TPSA) is 52.6 Å². The molecule has 154 valence electrons. The maximum atomic E-state index is 14.0. The zero-order valence-electron chi connectivity index (χ0n) is 16.2. The van der Waals surface area contributed by atoms with E-state index in [0.29, 0.717) is 30.5 Å². The number of aliphatic hydroxyl groups is 1. The predicted molar refractivity (Wildman–Crippen MR) is 103 cm³/mol. The van der Waals surface area contributed by atoms with E-state index in [0.717, 1.165) is 32.4 Å². The minimum Gasteiger partial charge on any atom is -0.375 e. The number of rotatable bonds is 3. The summed E-state index contributed by atoms with van der Waals surface area (Å²) in [6, 6.07) is 8.71. The van der Waals surface area contributed by atoms with Crippen molar-refractivity contribution < 1.29 is 18.7 Å². The third kappa shape index (κ3) is 3.81. The summed E-state index contributed by atoms with van der Waals surface area (Å²) >= 11 is 0. The van der Waals surface area contributed by atoms with E-state index in [9.17, 15) is 18.7 Å². The first-order valence-electron chi connectivity index (χ1n) is 10.5. The van der Waals surface area contributed by atoms with Gasteiger partial charge in [-0.3, -0.25) is 4.79 Å². The standard InChI is InChI=1S/C22H30F2N2O2/c23-21(24)9-6-19(13-21)22(28,18-4-2-1-3-5-18)20(27)26-14-16-7-10-25-11-8-17(12-16)15-26/h1-5,16-17,19,25,28H,6-15H2/t16?,17?,19-,22+/m1/s1. The molecule has 0 spiro atoms. The summed E-state index contributed by atoms with van der Waals surface area (Å²) < 4.78 is 28.0. The first-order chi connectivity index (χ1) is 13.4. The van der Waals surface area contributed by atoms with Crippen molar-refractivity contribution in [3.05, 3.63) is 35.9 Å². The fraction of sp³-hybridized carbons (Fsp3) is 0.682. The summed E-state index contributed by atoms with van der Waals surface area (Å²) in [5.41, 5.74) is -1.44. The Labute approximate surface area is 165 Å². The predicted octanol–water partition coefficient (Wildman–Crippen LogP) is 3.16. The van der Waals surface area contributed by atoms with E-state index in [2.05, 4.69) is 5.32 Å². The van der Waals surface area contributed by atoms with Crippen LogP contribution in [0.15, 0.2) is 30.3 Å². The number of carbonyl (C=O) groups is 1. The molecular formula is C22H30F2N2O2. The maximum absolute atomic E-state index is 14.0. The van der Waals surface area contributed by atoms with Crippen LogP contribution in [0.25, 0.3) is 0 Å². The van der Waals surface area contributed by atoms with E-state index in [1.165, 1.54) is 0 Å². The largest absolute Gasteiger partial charge is 0.375 e. The summed E-state index contributed by atoms with van der Waals surface area (Å²) in [4.78, 5) is 15.4. The highest BCUT2D eigenvalue weighted by Gasteiger charge is 2.55. The Kier molecular flexibility index (Phi) is 5.45. The number of hydrogen-bond donors (Lipinski definition) is 2. The van der Waals surface area contributed by atoms with E-state index in [-0.39, 0.29) is 18.7 Å². The molecule has 1 saturated carbocycles. The van der Waals surface area contributed by atoms with Crippen molar-refractivity contribution >= 4 is 5.91 Å². The van der Waals surface area contributed by atoms with Crippen molar-refractivity contribution in [3.8, 4) is 0 Å². The first-order valence-corrected chi connectivity index (χ1v) is 10.5. The SMILES string of the molecule is O=C(N1CC2CCNCCC(C2)C1)[C@](O)(c1ccccc1)[C@@H]1CCC(F)(F)C1. The summed E-state index contributed by atoms with van der Waals surface area (Å²) in [6.45, 7) is 3.10. The number of piperidine rings is 1. The summed E-state index contributed by atoms with van der Waals surface area (Å²) in [6.07, 6.45) is 2.58. The van der Waals surface area contributed by atoms with Crippen molar-refractivity contribution in [3.63, 3.8) is 0 Å². The minimum atomic E-state index is -2.81. The van der Waals surface area contributed by atoms with Crippen molar-refractivity contribution in [2.45, 2.75) is 50.0 Å². The van der Waals surface area contributed by atoms with E-state index < -0.39 is 23.9 Å². The zero-order valence-corrected chi connectivity index (χ0v) is 16.2. The van der Waals surface area contributed by atoms with Gasteiger partial charge in [0.15, 0.2) is 5.60 Å². The molecule has 2 unspecified atom stereocenters. The molecule has 4 nitrogen and oxygen atoms in total. The second-order valence-electron chi connectivity index (χ2n) is 8.93. The number of nitrogens with one attached hydrogen (secondary N) is 1. The van der Waals surface area contributed by atoms with Gasteiger partial charge in [0.05, 0.1) is 0 Å². The van der Waals surface area contributed by atoms with Crippen molar-refractivity contribution in [2.24, 2.45) is 17.8 Å². The first kappa shape index (κ1) is 19.8. The van der Waals surface area contributed by atoms with Gasteiger partial charge in [-0.25, -0.2) is 8.78 Å². The van der Waals surface area contributed by atoms with Crippen LogP contribution in [0.2, 0.25) is 0 Å². The van der Waals surface area contributed by atoms with Gasteiger partial charge in [0.1, 0.15) is 0 Å². The van der Waals surface area contributed by atoms with Crippen LogP contribution in [0.4, 0.5) is 8.78 Å². The number of fused-ring (bicyclic) bond motifs is 2. The monoisotopic (exact) mass is 392 g/mol. The van der Waals surface area contributed by atoms with Crippen LogP contribution in [0.1, 0.15) is 44.1 Å². The van der Waals surface area contributed by atoms with Crippen LogP contribution in [0.5, 0.6) is 0 Å². The molecule has 4 atom stereocenters. The molecule has 1 aromatic carbocycles. The van der Waals surface area contributed by atoms with E-state index in [4.69, 9.17) is 0 Å². The minimum absolute atomic E-state index is 0.161. The van der Waals surface area contributed by atoms with Crippen LogP contribution >= 0.6 is 0 Å². The molecule has 2 bridgehead atoms. The molecular weight excluding hydrogens is 362 g/mol. The van der Waals surface area contributed by atoms with Gasteiger partial charge in [-0.2, -0.15) is 0 Å². The Balaban J connectivity index is 1.63. The van der Waals surface area contributed by atoms with Crippen molar-refractivity contribution in [2.75, 3.05) is 26.2 Å². The molecule has 1 aromatic rings. The van der Waals surface area contributed by atoms with Gasteiger partial charge in [-0.15, -0.1) is 0 Å². The molecule has 3 aliphatic rings. The van der Waals surface area contributed by atoms with E-state index >= 15 is 0 Å². The molecule has 2 saturated heterocycles. The highest BCUT2D eigenvalue weighted by Crippen LogP contribution is 2.48. The Morgan fingerprint density at radius 1 is 1.11 bits per heavy atom. The van der Waals surface area contributed by atoms with Crippen LogP contribution in [0, 0.1) is 17.8 Å². The average Bonchev–Trinajstić information content (AvgIpc) is 3.06. The Morgan fingerprint density at radius 2 is 1.75 bits per heavy atom. The highest BCUT2D eigenvalue weighted by molar-refractivity contribution is 5.87. The third-order valence-corrected chi connectivity index (χ3v) is 6.90. The molecule has 2 heterocycles. The van der Waals surface area contributed by atoms with Crippen LogP contribution in [0.3, 0.4) is 0 Å². The Hall–Kier alpha value is -1.53. The lowest BCUT2D eigenvalue weighted by atomic mass is 9.77. The molecule has 2 N–H and O–H groups in total. The second-order valence-corrected chi connectivity index (χ2v) is 8.93. The van der Waals surface area contributed by atoms with Crippen LogP contribution in [-0.4, -0.2) is 48.0 Å². The maximum Gasteiger partial charge on any atom is 0.259 e. The lowest BCUT2D eigenvalue weighted by molar-refractivity contribution is -0.163. The number of amides is 1. The molecule has 4 rings (SSSR count). The fourth-order valence-corrected chi connectivity index (χ4v) is 5.41. The van der Waals surface area contributed by atoms with Gasteiger partial charge >= 0.3 is 0 Å². The third-order valence-electron chi connectivity index (χ3n) is 6.90. The number of likely N-dealkylation sites (tertiary alicyclic amines) is 1. The fourth-order valence-electron chi connectivity index (χ4n) is 5.41. The smallest absolute Gasteiger partial charge is 0.259 e. The number of hydrogen-bond acceptors (Lipinski definition) is 3. The van der Waals surface area contributed by atoms with Crippen molar-refractivity contribution in [1.82, 2.24) is 10.2 Å². The normalized spacial score (nSPS) is 32.2. The Bertz CT molecular complexity index is 685. The Morgan fingerprint density at radius 3 is 2.32 bits per heavy atom. The molecule has 3 fully saturated rings. The number of nitrogens with zero attached hydrogens (tertiary/aromatic N) is 1. The number of halogens is 2. The summed E-state index contributed by atoms with van der Waals surface area (Å²) in [5, 5.41) is 15.1. The van der Waals surface area contributed by atoms with E-state index in [1.54, 1.807) is 29.2 Å². The second kappa shape index (κ2) is 7.71. The van der Waals surface area contributed by atoms with Crippen LogP contribution in [-0.2, 0) is 10.4 Å². The number of carbonyl (C=O) groups excluding carboxylic acids is 1.